The minimum Gasteiger partial charge on any atom is -0.313 e. The van der Waals surface area contributed by atoms with Crippen molar-refractivity contribution in [3.05, 3.63) is 65.4 Å². The first-order valence-electron chi connectivity index (χ1n) is 6.61. The van der Waals surface area contributed by atoms with E-state index in [4.69, 9.17) is 0 Å². The first kappa shape index (κ1) is 14.2. The average molecular weight is 300 g/mol. The lowest BCUT2D eigenvalue weighted by Crippen LogP contribution is -2.04. The van der Waals surface area contributed by atoms with Crippen LogP contribution in [0.2, 0.25) is 0 Å². The molecule has 3 aromatic rings. The Balaban J connectivity index is 2.37. The maximum Gasteiger partial charge on any atom is 0.416 e. The number of para-hydroxylation sites is 1. The van der Waals surface area contributed by atoms with Crippen LogP contribution in [0, 0.1) is 18.3 Å². The molecular formula is C17H11F3N2. The monoisotopic (exact) mass is 300 g/mol. The van der Waals surface area contributed by atoms with Crippen LogP contribution in [0.1, 0.15) is 16.8 Å². The lowest BCUT2D eigenvalue weighted by atomic mass is 10.1. The van der Waals surface area contributed by atoms with Gasteiger partial charge in [0.05, 0.1) is 16.6 Å². The Labute approximate surface area is 125 Å². The van der Waals surface area contributed by atoms with Gasteiger partial charge in [0, 0.05) is 16.8 Å². The van der Waals surface area contributed by atoms with E-state index in [1.807, 2.05) is 36.4 Å². The topological polar surface area (TPSA) is 28.7 Å². The number of hydrogen-bond donors (Lipinski definition) is 0. The lowest BCUT2D eigenvalue weighted by molar-refractivity contribution is -0.137. The van der Waals surface area contributed by atoms with Gasteiger partial charge in [0.15, 0.2) is 0 Å². The largest absolute Gasteiger partial charge is 0.416 e. The zero-order valence-corrected chi connectivity index (χ0v) is 11.6. The summed E-state index contributed by atoms with van der Waals surface area (Å²) in [6.07, 6.45) is -4.43. The fourth-order valence-corrected chi connectivity index (χ4v) is 2.65. The summed E-state index contributed by atoms with van der Waals surface area (Å²) in [5, 5.41) is 9.64. The minimum atomic E-state index is -4.43. The fourth-order valence-electron chi connectivity index (χ4n) is 2.65. The summed E-state index contributed by atoms with van der Waals surface area (Å²) in [6, 6.07) is 14.8. The average Bonchev–Trinajstić information content (AvgIpc) is 2.77. The minimum absolute atomic E-state index is 0.268. The van der Waals surface area contributed by atoms with E-state index in [0.717, 1.165) is 17.8 Å². The van der Waals surface area contributed by atoms with E-state index in [0.29, 0.717) is 16.6 Å². The molecule has 0 bridgehead atoms. The van der Waals surface area contributed by atoms with Crippen molar-refractivity contribution in [3.63, 3.8) is 0 Å². The zero-order valence-electron chi connectivity index (χ0n) is 11.6. The van der Waals surface area contributed by atoms with Gasteiger partial charge in [0.1, 0.15) is 6.07 Å². The Bertz CT molecular complexity index is 884. The molecule has 1 heterocycles. The third kappa shape index (κ3) is 2.13. The molecule has 2 nitrogen and oxygen atoms in total. The van der Waals surface area contributed by atoms with E-state index in [1.54, 1.807) is 11.5 Å². The molecule has 0 fully saturated rings. The molecule has 0 atom stereocenters. The standard InChI is InChI=1S/C17H11F3N2/c1-11-15(10-21)14-9-12(17(18,19)20)7-8-16(14)22(11)13-5-3-2-4-6-13/h2-9H,1H3. The van der Waals surface area contributed by atoms with E-state index in [1.165, 1.54) is 6.07 Å². The van der Waals surface area contributed by atoms with Gasteiger partial charge in [-0.05, 0) is 37.3 Å². The van der Waals surface area contributed by atoms with E-state index < -0.39 is 11.7 Å². The molecule has 3 rings (SSSR count). The molecule has 0 saturated carbocycles. The summed E-state index contributed by atoms with van der Waals surface area (Å²) in [4.78, 5) is 0. The van der Waals surface area contributed by atoms with E-state index in [-0.39, 0.29) is 5.56 Å². The predicted octanol–water partition coefficient (Wildman–Crippen LogP) is 4.83. The summed E-state index contributed by atoms with van der Waals surface area (Å²) in [5.41, 5.74) is 1.55. The maximum absolute atomic E-state index is 12.9. The molecule has 2 aromatic carbocycles. The molecule has 1 aromatic heterocycles. The first-order valence-corrected chi connectivity index (χ1v) is 6.61. The molecule has 0 unspecified atom stereocenters. The van der Waals surface area contributed by atoms with E-state index in [9.17, 15) is 18.4 Å². The highest BCUT2D eigenvalue weighted by Gasteiger charge is 2.31. The molecule has 0 aliphatic rings. The lowest BCUT2D eigenvalue weighted by Gasteiger charge is -2.09. The van der Waals surface area contributed by atoms with Crippen LogP contribution in [0.4, 0.5) is 13.2 Å². The number of fused-ring (bicyclic) bond motifs is 1. The Kier molecular flexibility index (Phi) is 3.18. The van der Waals surface area contributed by atoms with Crippen LogP contribution in [0.5, 0.6) is 0 Å². The van der Waals surface area contributed by atoms with Gasteiger partial charge in [-0.15, -0.1) is 0 Å². The number of aromatic nitrogens is 1. The predicted molar refractivity (Wildman–Crippen MR) is 77.7 cm³/mol. The number of benzene rings is 2. The number of hydrogen-bond acceptors (Lipinski definition) is 1. The van der Waals surface area contributed by atoms with Crippen molar-refractivity contribution in [3.8, 4) is 11.8 Å². The highest BCUT2D eigenvalue weighted by atomic mass is 19.4. The van der Waals surface area contributed by atoms with Crippen LogP contribution in [-0.4, -0.2) is 4.57 Å². The van der Waals surface area contributed by atoms with Gasteiger partial charge in [-0.3, -0.25) is 0 Å². The summed E-state index contributed by atoms with van der Waals surface area (Å²) in [5.74, 6) is 0. The Morgan fingerprint density at radius 2 is 1.73 bits per heavy atom. The second-order valence-corrected chi connectivity index (χ2v) is 4.97. The molecule has 0 aliphatic carbocycles. The molecule has 0 radical (unpaired) electrons. The van der Waals surface area contributed by atoms with Crippen molar-refractivity contribution >= 4 is 10.9 Å². The van der Waals surface area contributed by atoms with E-state index in [2.05, 4.69) is 0 Å². The Morgan fingerprint density at radius 1 is 1.05 bits per heavy atom. The van der Waals surface area contributed by atoms with Gasteiger partial charge in [-0.2, -0.15) is 18.4 Å². The number of halogens is 3. The van der Waals surface area contributed by atoms with Gasteiger partial charge >= 0.3 is 6.18 Å². The SMILES string of the molecule is Cc1c(C#N)c2cc(C(F)(F)F)ccc2n1-c1ccccc1. The smallest absolute Gasteiger partial charge is 0.313 e. The van der Waals surface area contributed by atoms with Crippen LogP contribution in [0.3, 0.4) is 0 Å². The molecule has 110 valence electrons. The van der Waals surface area contributed by atoms with Crippen LogP contribution in [0.25, 0.3) is 16.6 Å². The second-order valence-electron chi connectivity index (χ2n) is 4.97. The quantitative estimate of drug-likeness (QED) is 0.633. The van der Waals surface area contributed by atoms with Crippen LogP contribution >= 0.6 is 0 Å². The van der Waals surface area contributed by atoms with Gasteiger partial charge in [-0.1, -0.05) is 18.2 Å². The number of nitrogens with zero attached hydrogens (tertiary/aromatic N) is 2. The Morgan fingerprint density at radius 3 is 2.32 bits per heavy atom. The number of rotatable bonds is 1. The molecular weight excluding hydrogens is 289 g/mol. The van der Waals surface area contributed by atoms with Crippen molar-refractivity contribution in [2.75, 3.05) is 0 Å². The molecule has 0 amide bonds. The van der Waals surface area contributed by atoms with Crippen molar-refractivity contribution in [1.29, 1.82) is 5.26 Å². The van der Waals surface area contributed by atoms with Crippen molar-refractivity contribution in [1.82, 2.24) is 4.57 Å². The second kappa shape index (κ2) is 4.92. The fraction of sp³-hybridized carbons (Fsp3) is 0.118. The number of nitriles is 1. The van der Waals surface area contributed by atoms with Gasteiger partial charge in [-0.25, -0.2) is 0 Å². The summed E-state index contributed by atoms with van der Waals surface area (Å²) < 4.78 is 40.5. The van der Waals surface area contributed by atoms with E-state index >= 15 is 0 Å². The van der Waals surface area contributed by atoms with Crippen LogP contribution < -0.4 is 0 Å². The summed E-state index contributed by atoms with van der Waals surface area (Å²) in [7, 11) is 0. The van der Waals surface area contributed by atoms with Crippen molar-refractivity contribution < 1.29 is 13.2 Å². The molecule has 22 heavy (non-hydrogen) atoms. The van der Waals surface area contributed by atoms with Crippen LogP contribution in [0.15, 0.2) is 48.5 Å². The first-order chi connectivity index (χ1) is 10.4. The van der Waals surface area contributed by atoms with Crippen molar-refractivity contribution in [2.24, 2.45) is 0 Å². The normalized spacial score (nSPS) is 11.6. The zero-order chi connectivity index (χ0) is 15.9. The highest BCUT2D eigenvalue weighted by molar-refractivity contribution is 5.90. The maximum atomic E-state index is 12.9. The van der Waals surface area contributed by atoms with Crippen LogP contribution in [-0.2, 0) is 6.18 Å². The molecule has 0 aliphatic heterocycles. The highest BCUT2D eigenvalue weighted by Crippen LogP contribution is 2.35. The summed E-state index contributed by atoms with van der Waals surface area (Å²) >= 11 is 0. The van der Waals surface area contributed by atoms with Gasteiger partial charge in [0.25, 0.3) is 0 Å². The molecule has 5 heteroatoms. The molecule has 0 spiro atoms. The Hall–Kier alpha value is -2.74. The van der Waals surface area contributed by atoms with Crippen molar-refractivity contribution in [2.45, 2.75) is 13.1 Å². The van der Waals surface area contributed by atoms with Gasteiger partial charge < -0.3 is 4.57 Å². The molecule has 0 N–H and O–H groups in total. The third-order valence-electron chi connectivity index (χ3n) is 3.66. The van der Waals surface area contributed by atoms with Gasteiger partial charge in [0.2, 0.25) is 0 Å². The number of alkyl halides is 3. The summed E-state index contributed by atoms with van der Waals surface area (Å²) in [6.45, 7) is 1.73. The molecule has 0 saturated heterocycles. The third-order valence-corrected chi connectivity index (χ3v) is 3.66.